The van der Waals surface area contributed by atoms with Crippen molar-refractivity contribution >= 4 is 35.8 Å². The molecule has 29 heavy (non-hydrogen) atoms. The van der Waals surface area contributed by atoms with Crippen molar-refractivity contribution in [1.29, 1.82) is 0 Å². The van der Waals surface area contributed by atoms with Gasteiger partial charge in [-0.1, -0.05) is 19.3 Å². The van der Waals surface area contributed by atoms with E-state index in [2.05, 4.69) is 20.5 Å². The van der Waals surface area contributed by atoms with Gasteiger partial charge in [-0.25, -0.2) is 4.99 Å². The Hall–Kier alpha value is -0.610. The van der Waals surface area contributed by atoms with Gasteiger partial charge in [0, 0.05) is 59.0 Å². The van der Waals surface area contributed by atoms with Crippen LogP contribution in [0.25, 0.3) is 0 Å². The first-order valence-electron chi connectivity index (χ1n) is 11.2. The predicted octanol–water partition coefficient (Wildman–Crippen LogP) is 2.45. The SMILES string of the molecule is CCOCCCNC(=NCC(=O)N(C)C)NC1CCN(C2CCCCC2)CC1.I. The zero-order valence-corrected chi connectivity index (χ0v) is 21.0. The van der Waals surface area contributed by atoms with Crippen LogP contribution in [-0.4, -0.2) is 87.2 Å². The molecule has 2 rings (SSSR count). The number of likely N-dealkylation sites (N-methyl/N-ethyl adjacent to an activating group) is 1. The molecule has 1 saturated carbocycles. The van der Waals surface area contributed by atoms with Crippen molar-refractivity contribution in [3.05, 3.63) is 0 Å². The van der Waals surface area contributed by atoms with Crippen LogP contribution in [-0.2, 0) is 9.53 Å². The van der Waals surface area contributed by atoms with Crippen LogP contribution < -0.4 is 10.6 Å². The summed E-state index contributed by atoms with van der Waals surface area (Å²) in [5.74, 6) is 0.769. The first-order valence-corrected chi connectivity index (χ1v) is 11.2. The van der Waals surface area contributed by atoms with Gasteiger partial charge >= 0.3 is 0 Å². The van der Waals surface area contributed by atoms with Gasteiger partial charge in [-0.3, -0.25) is 4.79 Å². The predicted molar refractivity (Wildman–Crippen MR) is 130 cm³/mol. The number of guanidine groups is 1. The molecule has 1 heterocycles. The highest BCUT2D eigenvalue weighted by molar-refractivity contribution is 14.0. The molecule has 0 atom stereocenters. The molecule has 0 radical (unpaired) electrons. The Bertz CT molecular complexity index is 476. The zero-order valence-electron chi connectivity index (χ0n) is 18.6. The smallest absolute Gasteiger partial charge is 0.243 e. The van der Waals surface area contributed by atoms with E-state index in [1.807, 2.05) is 6.92 Å². The molecule has 0 aromatic heterocycles. The first-order chi connectivity index (χ1) is 13.6. The maximum absolute atomic E-state index is 11.9. The highest BCUT2D eigenvalue weighted by Gasteiger charge is 2.26. The Balaban J connectivity index is 0.00000420. The molecule has 2 N–H and O–H groups in total. The molecule has 8 heteroatoms. The molecular formula is C21H42IN5O2. The average molecular weight is 524 g/mol. The third kappa shape index (κ3) is 10.3. The number of aliphatic imine (C=N–C) groups is 1. The fraction of sp³-hybridized carbons (Fsp3) is 0.905. The van der Waals surface area contributed by atoms with Crippen molar-refractivity contribution < 1.29 is 9.53 Å². The molecular weight excluding hydrogens is 481 g/mol. The fourth-order valence-electron chi connectivity index (χ4n) is 4.01. The number of hydrogen-bond donors (Lipinski definition) is 2. The number of amides is 1. The van der Waals surface area contributed by atoms with Crippen LogP contribution in [0.1, 0.15) is 58.3 Å². The summed E-state index contributed by atoms with van der Waals surface area (Å²) in [7, 11) is 3.53. The van der Waals surface area contributed by atoms with E-state index in [-0.39, 0.29) is 36.4 Å². The molecule has 7 nitrogen and oxygen atoms in total. The Labute approximate surface area is 194 Å². The number of likely N-dealkylation sites (tertiary alicyclic amines) is 1. The second-order valence-corrected chi connectivity index (χ2v) is 8.18. The highest BCUT2D eigenvalue weighted by Crippen LogP contribution is 2.25. The van der Waals surface area contributed by atoms with Crippen LogP contribution in [0, 0.1) is 0 Å². The van der Waals surface area contributed by atoms with Gasteiger partial charge in [-0.2, -0.15) is 0 Å². The standard InChI is InChI=1S/C21H41N5O2.HI/c1-4-28-16-8-13-22-21(23-17-20(27)25(2)3)24-18-11-14-26(15-12-18)19-9-6-5-7-10-19;/h18-19H,4-17H2,1-3H3,(H2,22,23,24);1H. The molecule has 2 aliphatic rings. The minimum atomic E-state index is 0. The number of nitrogens with one attached hydrogen (secondary N) is 2. The monoisotopic (exact) mass is 523 g/mol. The van der Waals surface area contributed by atoms with Gasteiger partial charge in [0.25, 0.3) is 0 Å². The van der Waals surface area contributed by atoms with Crippen LogP contribution in [0.3, 0.4) is 0 Å². The average Bonchev–Trinajstić information content (AvgIpc) is 2.72. The number of hydrogen-bond acceptors (Lipinski definition) is 4. The Morgan fingerprint density at radius 3 is 2.45 bits per heavy atom. The third-order valence-electron chi connectivity index (χ3n) is 5.79. The number of rotatable bonds is 9. The van der Waals surface area contributed by atoms with Crippen molar-refractivity contribution in [2.24, 2.45) is 4.99 Å². The lowest BCUT2D eigenvalue weighted by atomic mass is 9.92. The molecule has 170 valence electrons. The van der Waals surface area contributed by atoms with Crippen molar-refractivity contribution in [2.75, 3.05) is 53.5 Å². The summed E-state index contributed by atoms with van der Waals surface area (Å²) in [5, 5.41) is 6.93. The molecule has 0 aromatic carbocycles. The van der Waals surface area contributed by atoms with Crippen molar-refractivity contribution in [3.63, 3.8) is 0 Å². The van der Waals surface area contributed by atoms with Crippen LogP contribution in [0.15, 0.2) is 4.99 Å². The summed E-state index contributed by atoms with van der Waals surface area (Å²) in [5.41, 5.74) is 0. The van der Waals surface area contributed by atoms with Gasteiger partial charge < -0.3 is 25.2 Å². The minimum Gasteiger partial charge on any atom is -0.382 e. The van der Waals surface area contributed by atoms with Crippen LogP contribution in [0.4, 0.5) is 0 Å². The normalized spacial score (nSPS) is 19.5. The van der Waals surface area contributed by atoms with E-state index in [9.17, 15) is 4.79 Å². The van der Waals surface area contributed by atoms with Gasteiger partial charge in [-0.05, 0) is 39.0 Å². The summed E-state index contributed by atoms with van der Waals surface area (Å²) in [6, 6.07) is 1.23. The summed E-state index contributed by atoms with van der Waals surface area (Å²) in [6.07, 6.45) is 10.1. The first kappa shape index (κ1) is 26.4. The Morgan fingerprint density at radius 1 is 1.14 bits per heavy atom. The molecule has 1 amide bonds. The van der Waals surface area contributed by atoms with Crippen molar-refractivity contribution in [3.8, 4) is 0 Å². The number of piperidine rings is 1. The summed E-state index contributed by atoms with van der Waals surface area (Å²) >= 11 is 0. The van der Waals surface area contributed by atoms with Crippen LogP contribution in [0.2, 0.25) is 0 Å². The minimum absolute atomic E-state index is 0. The van der Waals surface area contributed by atoms with E-state index in [1.165, 1.54) is 32.1 Å². The summed E-state index contributed by atoms with van der Waals surface area (Å²) in [6.45, 7) is 6.79. The lowest BCUT2D eigenvalue weighted by molar-refractivity contribution is -0.127. The molecule has 0 unspecified atom stereocenters. The number of carbonyl (C=O) groups excluding carboxylic acids is 1. The molecule has 1 aliphatic heterocycles. The van der Waals surface area contributed by atoms with Gasteiger partial charge in [0.15, 0.2) is 5.96 Å². The molecule has 0 bridgehead atoms. The van der Waals surface area contributed by atoms with E-state index in [0.29, 0.717) is 6.04 Å². The fourth-order valence-corrected chi connectivity index (χ4v) is 4.01. The largest absolute Gasteiger partial charge is 0.382 e. The molecule has 1 saturated heterocycles. The molecule has 2 fully saturated rings. The second kappa shape index (κ2) is 15.2. The quantitative estimate of drug-likeness (QED) is 0.210. The van der Waals surface area contributed by atoms with Crippen molar-refractivity contribution in [2.45, 2.75) is 70.4 Å². The number of ether oxygens (including phenoxy) is 1. The lowest BCUT2D eigenvalue weighted by Gasteiger charge is -2.39. The summed E-state index contributed by atoms with van der Waals surface area (Å²) < 4.78 is 5.40. The molecule has 1 aliphatic carbocycles. The number of nitrogens with zero attached hydrogens (tertiary/aromatic N) is 3. The van der Waals surface area contributed by atoms with E-state index in [0.717, 1.165) is 64.1 Å². The van der Waals surface area contributed by atoms with E-state index >= 15 is 0 Å². The second-order valence-electron chi connectivity index (χ2n) is 8.18. The maximum atomic E-state index is 11.9. The van der Waals surface area contributed by atoms with Gasteiger partial charge in [0.05, 0.1) is 0 Å². The zero-order chi connectivity index (χ0) is 20.2. The highest BCUT2D eigenvalue weighted by atomic mass is 127. The molecule has 0 aromatic rings. The van der Waals surface area contributed by atoms with Crippen LogP contribution >= 0.6 is 24.0 Å². The summed E-state index contributed by atoms with van der Waals surface area (Å²) in [4.78, 5) is 20.7. The maximum Gasteiger partial charge on any atom is 0.243 e. The van der Waals surface area contributed by atoms with E-state index in [1.54, 1.807) is 19.0 Å². The van der Waals surface area contributed by atoms with Gasteiger partial charge in [0.2, 0.25) is 5.91 Å². The van der Waals surface area contributed by atoms with Crippen LogP contribution in [0.5, 0.6) is 0 Å². The van der Waals surface area contributed by atoms with Gasteiger partial charge in [0.1, 0.15) is 6.54 Å². The lowest BCUT2D eigenvalue weighted by Crippen LogP contribution is -2.51. The van der Waals surface area contributed by atoms with Gasteiger partial charge in [-0.15, -0.1) is 24.0 Å². The number of halogens is 1. The molecule has 0 spiro atoms. The topological polar surface area (TPSA) is 69.2 Å². The Kier molecular flexibility index (Phi) is 13.9. The third-order valence-corrected chi connectivity index (χ3v) is 5.79. The van der Waals surface area contributed by atoms with E-state index < -0.39 is 0 Å². The van der Waals surface area contributed by atoms with E-state index in [4.69, 9.17) is 4.74 Å². The van der Waals surface area contributed by atoms with Crippen molar-refractivity contribution in [1.82, 2.24) is 20.4 Å². The Morgan fingerprint density at radius 2 is 1.83 bits per heavy atom. The number of carbonyl (C=O) groups is 1.